The maximum Gasteiger partial charge on any atom is 0.292 e. The molecule has 0 fully saturated rings. The number of unbranched alkanes of at least 4 members (excludes halogenated alkanes) is 14. The lowest BCUT2D eigenvalue weighted by molar-refractivity contribution is 0.269. The van der Waals surface area contributed by atoms with Crippen LogP contribution in [-0.4, -0.2) is 15.4 Å². The number of hydrogen-bond acceptors (Lipinski definition) is 5. The van der Waals surface area contributed by atoms with Crippen LogP contribution < -0.4 is 5.32 Å². The minimum atomic E-state index is -0.319. The van der Waals surface area contributed by atoms with Crippen LogP contribution in [0.1, 0.15) is 109 Å². The Hall–Kier alpha value is -1.24. The van der Waals surface area contributed by atoms with Gasteiger partial charge in [0.15, 0.2) is 0 Å². The molecular weight excluding hydrogens is 489 g/mol. The Morgan fingerprint density at radius 2 is 1.38 bits per heavy atom. The summed E-state index contributed by atoms with van der Waals surface area (Å²) < 4.78 is 5.59. The van der Waals surface area contributed by atoms with E-state index in [2.05, 4.69) is 22.4 Å². The molecule has 2 aromatic rings. The van der Waals surface area contributed by atoms with Crippen molar-refractivity contribution in [1.29, 1.82) is 0 Å². The summed E-state index contributed by atoms with van der Waals surface area (Å²) in [7, 11) is 0. The van der Waals surface area contributed by atoms with Crippen molar-refractivity contribution in [2.45, 2.75) is 115 Å². The molecule has 0 bridgehead atoms. The average molecular weight is 529 g/mol. The number of hydrogen-bond donors (Lipinski definition) is 1. The second-order valence-corrected chi connectivity index (χ2v) is 10.5. The number of nitrogens with zero attached hydrogens (tertiary/aromatic N) is 2. The van der Waals surface area contributed by atoms with Gasteiger partial charge in [-0.25, -0.2) is 0 Å². The van der Waals surface area contributed by atoms with Crippen LogP contribution in [0.5, 0.6) is 0 Å². The van der Waals surface area contributed by atoms with Crippen molar-refractivity contribution in [1.82, 2.24) is 10.2 Å². The molecule has 2 rings (SSSR count). The van der Waals surface area contributed by atoms with Crippen LogP contribution in [0.4, 0.5) is 10.5 Å². The third-order valence-corrected chi connectivity index (χ3v) is 7.15. The van der Waals surface area contributed by atoms with E-state index in [0.717, 1.165) is 24.6 Å². The third-order valence-electron chi connectivity index (χ3n) is 5.79. The number of rotatable bonds is 18. The van der Waals surface area contributed by atoms with Crippen LogP contribution in [-0.2, 0) is 6.42 Å². The van der Waals surface area contributed by atoms with Crippen molar-refractivity contribution in [3.63, 3.8) is 0 Å². The zero-order valence-corrected chi connectivity index (χ0v) is 22.7. The summed E-state index contributed by atoms with van der Waals surface area (Å²) in [5.41, 5.74) is 0.560. The third kappa shape index (κ3) is 13.0. The van der Waals surface area contributed by atoms with Crippen LogP contribution in [0.25, 0.3) is 0 Å². The fourth-order valence-electron chi connectivity index (χ4n) is 3.82. The van der Waals surface area contributed by atoms with Gasteiger partial charge in [0.05, 0.1) is 10.0 Å². The molecule has 0 aliphatic heterocycles. The molecule has 0 atom stereocenters. The second kappa shape index (κ2) is 18.1. The van der Waals surface area contributed by atoms with E-state index in [1.54, 1.807) is 18.2 Å². The van der Waals surface area contributed by atoms with E-state index < -0.39 is 0 Å². The molecule has 0 unspecified atom stereocenters. The van der Waals surface area contributed by atoms with E-state index in [4.69, 9.17) is 27.6 Å². The van der Waals surface area contributed by atoms with E-state index in [0.29, 0.717) is 21.6 Å². The molecule has 190 valence electrons. The first-order chi connectivity index (χ1) is 16.6. The number of anilines is 1. The molecule has 5 nitrogen and oxygen atoms in total. The topological polar surface area (TPSA) is 68.0 Å². The Labute approximate surface area is 219 Å². The molecular formula is C26H39Cl2N3O2S. The Bertz CT molecular complexity index is 832. The number of amides is 1. The molecule has 0 radical (unpaired) electrons. The van der Waals surface area contributed by atoms with Gasteiger partial charge in [0.25, 0.3) is 10.5 Å². The van der Waals surface area contributed by atoms with Gasteiger partial charge in [-0.15, -0.1) is 10.2 Å². The lowest BCUT2D eigenvalue weighted by Gasteiger charge is -2.04. The van der Waals surface area contributed by atoms with E-state index in [1.807, 2.05) is 0 Å². The molecule has 0 saturated heterocycles. The molecule has 34 heavy (non-hydrogen) atoms. The van der Waals surface area contributed by atoms with Gasteiger partial charge in [0.1, 0.15) is 0 Å². The zero-order chi connectivity index (χ0) is 24.4. The Balaban J connectivity index is 1.45. The molecule has 0 aliphatic rings. The van der Waals surface area contributed by atoms with Gasteiger partial charge in [0.2, 0.25) is 5.89 Å². The maximum absolute atomic E-state index is 12.1. The fourth-order valence-corrected chi connectivity index (χ4v) is 4.67. The van der Waals surface area contributed by atoms with Gasteiger partial charge in [-0.1, -0.05) is 120 Å². The van der Waals surface area contributed by atoms with Crippen LogP contribution in [0.15, 0.2) is 27.8 Å². The molecule has 1 aromatic heterocycles. The highest BCUT2D eigenvalue weighted by molar-refractivity contribution is 8.13. The summed E-state index contributed by atoms with van der Waals surface area (Å²) in [6, 6.07) is 4.91. The highest BCUT2D eigenvalue weighted by Crippen LogP contribution is 2.27. The van der Waals surface area contributed by atoms with Gasteiger partial charge in [-0.05, 0) is 24.6 Å². The Morgan fingerprint density at radius 3 is 1.94 bits per heavy atom. The first kappa shape index (κ1) is 29.0. The van der Waals surface area contributed by atoms with Crippen LogP contribution in [0, 0.1) is 0 Å². The monoisotopic (exact) mass is 527 g/mol. The highest BCUT2D eigenvalue weighted by atomic mass is 35.5. The predicted molar refractivity (Wildman–Crippen MR) is 144 cm³/mol. The van der Waals surface area contributed by atoms with Gasteiger partial charge in [0, 0.05) is 23.9 Å². The van der Waals surface area contributed by atoms with Crippen LogP contribution >= 0.6 is 35.0 Å². The molecule has 1 N–H and O–H groups in total. The lowest BCUT2D eigenvalue weighted by Crippen LogP contribution is -2.04. The molecule has 1 aromatic carbocycles. The summed E-state index contributed by atoms with van der Waals surface area (Å²) in [6.45, 7) is 2.27. The fraction of sp³-hybridized carbons (Fsp3) is 0.654. The number of thioether (sulfide) groups is 1. The van der Waals surface area contributed by atoms with Gasteiger partial charge >= 0.3 is 0 Å². The smallest absolute Gasteiger partial charge is 0.292 e. The van der Waals surface area contributed by atoms with Crippen LogP contribution in [0.3, 0.4) is 0 Å². The first-order valence-corrected chi connectivity index (χ1v) is 14.4. The Morgan fingerprint density at radius 1 is 0.824 bits per heavy atom. The van der Waals surface area contributed by atoms with E-state index in [9.17, 15) is 4.79 Å². The minimum Gasteiger partial charge on any atom is -0.416 e. The van der Waals surface area contributed by atoms with Crippen molar-refractivity contribution < 1.29 is 9.21 Å². The number of halogens is 2. The Kier molecular flexibility index (Phi) is 15.4. The summed E-state index contributed by atoms with van der Waals surface area (Å²) in [5.74, 6) is 0.583. The maximum atomic E-state index is 12.1. The minimum absolute atomic E-state index is 0.244. The first-order valence-electron chi connectivity index (χ1n) is 12.8. The van der Waals surface area contributed by atoms with Crippen molar-refractivity contribution >= 4 is 45.9 Å². The normalized spacial score (nSPS) is 11.1. The van der Waals surface area contributed by atoms with Crippen molar-refractivity contribution in [3.05, 3.63) is 34.1 Å². The second-order valence-electron chi connectivity index (χ2n) is 8.80. The van der Waals surface area contributed by atoms with E-state index in [-0.39, 0.29) is 10.5 Å². The molecule has 1 heterocycles. The van der Waals surface area contributed by atoms with Crippen molar-refractivity contribution in [2.24, 2.45) is 0 Å². The quantitative estimate of drug-likeness (QED) is 0.154. The molecule has 0 saturated carbocycles. The van der Waals surface area contributed by atoms with Crippen LogP contribution in [0.2, 0.25) is 10.0 Å². The summed E-state index contributed by atoms with van der Waals surface area (Å²) >= 11 is 12.7. The molecule has 0 aliphatic carbocycles. The number of nitrogens with one attached hydrogen (secondary N) is 1. The zero-order valence-electron chi connectivity index (χ0n) is 20.4. The summed E-state index contributed by atoms with van der Waals surface area (Å²) in [5, 5.41) is 11.5. The number of aromatic nitrogens is 2. The number of aryl methyl sites for hydroxylation is 1. The van der Waals surface area contributed by atoms with Crippen molar-refractivity contribution in [2.75, 3.05) is 5.32 Å². The summed E-state index contributed by atoms with van der Waals surface area (Å²) in [6.07, 6.45) is 20.8. The van der Waals surface area contributed by atoms with E-state index >= 15 is 0 Å². The lowest BCUT2D eigenvalue weighted by atomic mass is 10.0. The number of carbonyl (C=O) groups excluding carboxylic acids is 1. The van der Waals surface area contributed by atoms with E-state index in [1.165, 1.54) is 89.9 Å². The standard InChI is InChI=1S/C26H39Cl2N3O2S/c1-2-3-4-5-6-7-8-9-10-11-12-13-14-15-16-17-24-30-31-26(33-24)34-25(32)29-21-18-19-22(27)23(28)20-21/h18-20H,2-17H2,1H3,(H,29,32). The number of benzene rings is 1. The highest BCUT2D eigenvalue weighted by Gasteiger charge is 2.13. The van der Waals surface area contributed by atoms with Crippen molar-refractivity contribution in [3.8, 4) is 0 Å². The molecule has 8 heteroatoms. The number of carbonyl (C=O) groups is 1. The summed E-state index contributed by atoms with van der Waals surface area (Å²) in [4.78, 5) is 12.1. The molecule has 0 spiro atoms. The van der Waals surface area contributed by atoms with Gasteiger partial charge < -0.3 is 9.73 Å². The molecule has 1 amide bonds. The van der Waals surface area contributed by atoms with Gasteiger partial charge in [-0.3, -0.25) is 4.79 Å². The SMILES string of the molecule is CCCCCCCCCCCCCCCCCc1nnc(SC(=O)Nc2ccc(Cl)c(Cl)c2)o1. The average Bonchev–Trinajstić information content (AvgIpc) is 3.25. The predicted octanol–water partition coefficient (Wildman–Crippen LogP) is 10.1. The van der Waals surface area contributed by atoms with Gasteiger partial charge in [-0.2, -0.15) is 0 Å². The largest absolute Gasteiger partial charge is 0.416 e.